The van der Waals surface area contributed by atoms with Crippen LogP contribution < -0.4 is 5.32 Å². The molecule has 0 fully saturated rings. The number of hydrogen-bond acceptors (Lipinski definition) is 3. The number of aromatic nitrogens is 2. The van der Waals surface area contributed by atoms with Crippen LogP contribution in [0.1, 0.15) is 17.3 Å². The molecule has 1 aromatic carbocycles. The summed E-state index contributed by atoms with van der Waals surface area (Å²) in [6.45, 7) is 2.36. The van der Waals surface area contributed by atoms with Gasteiger partial charge in [-0.2, -0.15) is 0 Å². The molecule has 6 heteroatoms. The summed E-state index contributed by atoms with van der Waals surface area (Å²) in [4.78, 5) is 16.2. The zero-order valence-corrected chi connectivity index (χ0v) is 11.9. The fourth-order valence-electron chi connectivity index (χ4n) is 1.91. The summed E-state index contributed by atoms with van der Waals surface area (Å²) in [6, 6.07) is 5.29. The summed E-state index contributed by atoms with van der Waals surface area (Å²) in [5.41, 5.74) is 2.16. The van der Waals surface area contributed by atoms with Gasteiger partial charge in [-0.25, -0.2) is 4.98 Å². The van der Waals surface area contributed by atoms with E-state index >= 15 is 0 Å². The fourth-order valence-corrected chi connectivity index (χ4v) is 2.09. The van der Waals surface area contributed by atoms with Crippen LogP contribution in [-0.2, 0) is 11.8 Å². The second-order valence-electron chi connectivity index (χ2n) is 4.47. The second-order valence-corrected chi connectivity index (χ2v) is 4.81. The highest BCUT2D eigenvalue weighted by molar-refractivity contribution is 6.29. The minimum Gasteiger partial charge on any atom is -0.383 e. The van der Waals surface area contributed by atoms with Crippen LogP contribution in [0.25, 0.3) is 11.0 Å². The molecule has 2 aromatic rings. The number of aryl methyl sites for hydroxylation is 1. The number of imidazole rings is 1. The van der Waals surface area contributed by atoms with Gasteiger partial charge in [0, 0.05) is 25.8 Å². The molecule has 1 amide bonds. The third-order valence-electron chi connectivity index (χ3n) is 2.88. The first-order valence-corrected chi connectivity index (χ1v) is 6.32. The molecule has 0 saturated heterocycles. The van der Waals surface area contributed by atoms with Gasteiger partial charge in [0.15, 0.2) is 0 Å². The minimum atomic E-state index is -0.145. The number of halogens is 1. The van der Waals surface area contributed by atoms with Gasteiger partial charge in [0.05, 0.1) is 17.6 Å². The van der Waals surface area contributed by atoms with E-state index < -0.39 is 0 Å². The maximum absolute atomic E-state index is 12.0. The maximum atomic E-state index is 12.0. The van der Waals surface area contributed by atoms with Gasteiger partial charge in [0.25, 0.3) is 5.91 Å². The number of carbonyl (C=O) groups is 1. The van der Waals surface area contributed by atoms with Crippen LogP contribution in [0.4, 0.5) is 0 Å². The lowest BCUT2D eigenvalue weighted by Gasteiger charge is -2.12. The molecule has 1 N–H and O–H groups in total. The first-order chi connectivity index (χ1) is 9.02. The Morgan fingerprint density at radius 2 is 2.32 bits per heavy atom. The van der Waals surface area contributed by atoms with Crippen LogP contribution in [0, 0.1) is 0 Å². The van der Waals surface area contributed by atoms with Gasteiger partial charge < -0.3 is 14.6 Å². The highest BCUT2D eigenvalue weighted by Gasteiger charge is 2.12. The van der Waals surface area contributed by atoms with Crippen LogP contribution >= 0.6 is 11.6 Å². The summed E-state index contributed by atoms with van der Waals surface area (Å²) in [7, 11) is 3.43. The van der Waals surface area contributed by atoms with Crippen LogP contribution in [0.2, 0.25) is 5.28 Å². The van der Waals surface area contributed by atoms with Crippen molar-refractivity contribution >= 4 is 28.5 Å². The third-order valence-corrected chi connectivity index (χ3v) is 3.22. The number of rotatable bonds is 4. The minimum absolute atomic E-state index is 0.0412. The van der Waals surface area contributed by atoms with Crippen LogP contribution in [0.15, 0.2) is 18.2 Å². The highest BCUT2D eigenvalue weighted by Crippen LogP contribution is 2.19. The lowest BCUT2D eigenvalue weighted by Crippen LogP contribution is -2.35. The van der Waals surface area contributed by atoms with Gasteiger partial charge in [-0.15, -0.1) is 0 Å². The van der Waals surface area contributed by atoms with E-state index in [1.807, 2.05) is 20.0 Å². The van der Waals surface area contributed by atoms with E-state index in [4.69, 9.17) is 16.3 Å². The number of methoxy groups -OCH3 is 1. The highest BCUT2D eigenvalue weighted by atomic mass is 35.5. The van der Waals surface area contributed by atoms with Crippen molar-refractivity contribution in [3.05, 3.63) is 29.0 Å². The molecule has 0 radical (unpaired) electrons. The van der Waals surface area contributed by atoms with E-state index in [0.29, 0.717) is 23.0 Å². The van der Waals surface area contributed by atoms with Crippen molar-refractivity contribution in [2.24, 2.45) is 7.05 Å². The molecule has 102 valence electrons. The van der Waals surface area contributed by atoms with Crippen molar-refractivity contribution in [2.75, 3.05) is 13.7 Å². The average molecular weight is 282 g/mol. The summed E-state index contributed by atoms with van der Waals surface area (Å²) < 4.78 is 6.75. The van der Waals surface area contributed by atoms with Crippen molar-refractivity contribution < 1.29 is 9.53 Å². The molecule has 5 nitrogen and oxygen atoms in total. The normalized spacial score (nSPS) is 12.6. The van der Waals surface area contributed by atoms with E-state index in [2.05, 4.69) is 10.3 Å². The van der Waals surface area contributed by atoms with Gasteiger partial charge in [-0.1, -0.05) is 0 Å². The number of ether oxygens (including phenoxy) is 1. The fraction of sp³-hybridized carbons (Fsp3) is 0.385. The Kier molecular flexibility index (Phi) is 4.07. The Balaban J connectivity index is 2.23. The van der Waals surface area contributed by atoms with Crippen LogP contribution in [0.3, 0.4) is 0 Å². The monoisotopic (exact) mass is 281 g/mol. The van der Waals surface area contributed by atoms with Crippen LogP contribution in [0.5, 0.6) is 0 Å². The molecule has 0 aliphatic rings. The molecule has 0 aliphatic carbocycles. The first kappa shape index (κ1) is 13.8. The van der Waals surface area contributed by atoms with Crippen molar-refractivity contribution in [1.29, 1.82) is 0 Å². The third kappa shape index (κ3) is 2.88. The Labute approximate surface area is 116 Å². The predicted octanol–water partition coefficient (Wildman–Crippen LogP) is 1.99. The van der Waals surface area contributed by atoms with E-state index in [0.717, 1.165) is 5.52 Å². The zero-order valence-electron chi connectivity index (χ0n) is 11.1. The number of carbonyl (C=O) groups excluding carboxylic acids is 1. The summed E-state index contributed by atoms with van der Waals surface area (Å²) in [5.74, 6) is -0.145. The van der Waals surface area contributed by atoms with Crippen molar-refractivity contribution in [3.63, 3.8) is 0 Å². The van der Waals surface area contributed by atoms with E-state index in [9.17, 15) is 4.79 Å². The quantitative estimate of drug-likeness (QED) is 0.932. The molecule has 1 aromatic heterocycles. The molecule has 19 heavy (non-hydrogen) atoms. The van der Waals surface area contributed by atoms with Crippen molar-refractivity contribution in [1.82, 2.24) is 14.9 Å². The number of amides is 1. The molecule has 0 bridgehead atoms. The average Bonchev–Trinajstić information content (AvgIpc) is 2.65. The second kappa shape index (κ2) is 5.59. The smallest absolute Gasteiger partial charge is 0.251 e. The predicted molar refractivity (Wildman–Crippen MR) is 74.5 cm³/mol. The molecular formula is C13H16ClN3O2. The molecule has 2 rings (SSSR count). The van der Waals surface area contributed by atoms with Gasteiger partial charge >= 0.3 is 0 Å². The molecule has 1 atom stereocenters. The van der Waals surface area contributed by atoms with Crippen molar-refractivity contribution in [3.8, 4) is 0 Å². The van der Waals surface area contributed by atoms with Gasteiger partial charge in [0.1, 0.15) is 0 Å². The van der Waals surface area contributed by atoms with E-state index in [1.54, 1.807) is 23.8 Å². The molecular weight excluding hydrogens is 266 g/mol. The zero-order chi connectivity index (χ0) is 14.0. The summed E-state index contributed by atoms with van der Waals surface area (Å²) in [5, 5.41) is 3.25. The molecule has 0 spiro atoms. The lowest BCUT2D eigenvalue weighted by molar-refractivity contribution is 0.0905. The standard InChI is InChI=1S/C13H16ClN3O2/c1-8(7-19-3)15-12(18)9-4-5-11-10(6-9)16-13(14)17(11)2/h4-6,8H,7H2,1-3H3,(H,15,18). The van der Waals surface area contributed by atoms with Crippen molar-refractivity contribution in [2.45, 2.75) is 13.0 Å². The Morgan fingerprint density at radius 3 is 3.00 bits per heavy atom. The SMILES string of the molecule is COCC(C)NC(=O)c1ccc2c(c1)nc(Cl)n2C. The Bertz CT molecular complexity index is 609. The number of nitrogens with zero attached hydrogens (tertiary/aromatic N) is 2. The molecule has 1 unspecified atom stereocenters. The Morgan fingerprint density at radius 1 is 1.58 bits per heavy atom. The Hall–Kier alpha value is -1.59. The number of benzene rings is 1. The lowest BCUT2D eigenvalue weighted by atomic mass is 10.1. The van der Waals surface area contributed by atoms with Gasteiger partial charge in [-0.3, -0.25) is 4.79 Å². The largest absolute Gasteiger partial charge is 0.383 e. The number of nitrogens with one attached hydrogen (secondary N) is 1. The molecule has 1 heterocycles. The van der Waals surface area contributed by atoms with Gasteiger partial charge in [0.2, 0.25) is 5.28 Å². The molecule has 0 aliphatic heterocycles. The van der Waals surface area contributed by atoms with Crippen LogP contribution in [-0.4, -0.2) is 35.2 Å². The summed E-state index contributed by atoms with van der Waals surface area (Å²) in [6.07, 6.45) is 0. The number of fused-ring (bicyclic) bond motifs is 1. The number of hydrogen-bond donors (Lipinski definition) is 1. The summed E-state index contributed by atoms with van der Waals surface area (Å²) >= 11 is 5.94. The topological polar surface area (TPSA) is 56.1 Å². The van der Waals surface area contributed by atoms with E-state index in [-0.39, 0.29) is 11.9 Å². The van der Waals surface area contributed by atoms with E-state index in [1.165, 1.54) is 0 Å². The van der Waals surface area contributed by atoms with Gasteiger partial charge in [-0.05, 0) is 36.7 Å². The first-order valence-electron chi connectivity index (χ1n) is 5.94. The molecule has 0 saturated carbocycles. The maximum Gasteiger partial charge on any atom is 0.251 e.